The van der Waals surface area contributed by atoms with E-state index in [-0.39, 0.29) is 0 Å². The van der Waals surface area contributed by atoms with Gasteiger partial charge in [0.05, 0.1) is 27.2 Å². The fourth-order valence-electron chi connectivity index (χ4n) is 3.21. The standard InChI is InChI=1S/C22H48NO/c1-5-7-9-11-12-13-14-15-16-18-20-23(3,4)22-24-21-19-17-10-8-6-2/h5-22H2,1-4H3/q+1. The Balaban J connectivity index is 3.31. The molecule has 24 heavy (non-hydrogen) atoms. The molecule has 0 saturated heterocycles. The summed E-state index contributed by atoms with van der Waals surface area (Å²) in [6, 6.07) is 0. The first kappa shape index (κ1) is 23.9. The predicted molar refractivity (Wildman–Crippen MR) is 108 cm³/mol. The average Bonchev–Trinajstić information content (AvgIpc) is 2.55. The van der Waals surface area contributed by atoms with E-state index >= 15 is 0 Å². The Bertz CT molecular complexity index is 240. The van der Waals surface area contributed by atoms with Crippen LogP contribution in [0.3, 0.4) is 0 Å². The predicted octanol–water partition coefficient (Wildman–Crippen LogP) is 6.93. The molecule has 0 amide bonds. The lowest BCUT2D eigenvalue weighted by molar-refractivity contribution is -0.909. The summed E-state index contributed by atoms with van der Waals surface area (Å²) in [6.07, 6.45) is 20.8. The van der Waals surface area contributed by atoms with Crippen LogP contribution in [0.2, 0.25) is 0 Å². The number of nitrogens with zero attached hydrogens (tertiary/aromatic N) is 1. The fraction of sp³-hybridized carbons (Fsp3) is 1.00. The summed E-state index contributed by atoms with van der Waals surface area (Å²) in [5.74, 6) is 0. The molecule has 0 bridgehead atoms. The maximum Gasteiger partial charge on any atom is 0.182 e. The van der Waals surface area contributed by atoms with Crippen LogP contribution in [0.25, 0.3) is 0 Å². The number of ether oxygens (including phenoxy) is 1. The van der Waals surface area contributed by atoms with Gasteiger partial charge in [0.1, 0.15) is 0 Å². The van der Waals surface area contributed by atoms with Gasteiger partial charge in [0.15, 0.2) is 6.73 Å². The van der Waals surface area contributed by atoms with Gasteiger partial charge in [0.25, 0.3) is 0 Å². The lowest BCUT2D eigenvalue weighted by Gasteiger charge is -2.29. The molecule has 0 saturated carbocycles. The zero-order chi connectivity index (χ0) is 17.9. The van der Waals surface area contributed by atoms with Gasteiger partial charge in [-0.2, -0.15) is 0 Å². The van der Waals surface area contributed by atoms with Gasteiger partial charge in [0.2, 0.25) is 0 Å². The zero-order valence-electron chi connectivity index (χ0n) is 17.6. The van der Waals surface area contributed by atoms with E-state index in [0.29, 0.717) is 0 Å². The third-order valence-electron chi connectivity index (χ3n) is 4.95. The van der Waals surface area contributed by atoms with Gasteiger partial charge < -0.3 is 9.22 Å². The van der Waals surface area contributed by atoms with Crippen LogP contribution in [0.5, 0.6) is 0 Å². The Kier molecular flexibility index (Phi) is 17.7. The van der Waals surface area contributed by atoms with E-state index in [4.69, 9.17) is 4.74 Å². The molecule has 0 aromatic heterocycles. The van der Waals surface area contributed by atoms with E-state index in [1.807, 2.05) is 0 Å². The van der Waals surface area contributed by atoms with E-state index in [1.165, 1.54) is 103 Å². The zero-order valence-corrected chi connectivity index (χ0v) is 17.6. The third-order valence-corrected chi connectivity index (χ3v) is 4.95. The number of rotatable bonds is 19. The molecule has 0 aliphatic heterocycles. The molecule has 0 fully saturated rings. The van der Waals surface area contributed by atoms with Gasteiger partial charge in [-0.3, -0.25) is 0 Å². The normalized spacial score (nSPS) is 12.0. The van der Waals surface area contributed by atoms with Crippen molar-refractivity contribution in [2.45, 2.75) is 110 Å². The molecule has 146 valence electrons. The maximum atomic E-state index is 5.89. The summed E-state index contributed by atoms with van der Waals surface area (Å²) in [5.41, 5.74) is 0. The van der Waals surface area contributed by atoms with Crippen LogP contribution in [-0.4, -0.2) is 38.5 Å². The van der Waals surface area contributed by atoms with E-state index in [1.54, 1.807) is 0 Å². The molecule has 0 aromatic carbocycles. The molecule has 0 aliphatic rings. The van der Waals surface area contributed by atoms with Crippen LogP contribution in [0.15, 0.2) is 0 Å². The highest BCUT2D eigenvalue weighted by atomic mass is 16.5. The average molecular weight is 343 g/mol. The van der Waals surface area contributed by atoms with E-state index in [2.05, 4.69) is 27.9 Å². The number of quaternary nitrogens is 1. The van der Waals surface area contributed by atoms with Gasteiger partial charge >= 0.3 is 0 Å². The quantitative estimate of drug-likeness (QED) is 0.140. The smallest absolute Gasteiger partial charge is 0.182 e. The van der Waals surface area contributed by atoms with Crippen LogP contribution in [0.4, 0.5) is 0 Å². The minimum Gasteiger partial charge on any atom is -0.332 e. The van der Waals surface area contributed by atoms with Crippen molar-refractivity contribution in [2.75, 3.05) is 34.0 Å². The highest BCUT2D eigenvalue weighted by molar-refractivity contribution is 4.47. The Morgan fingerprint density at radius 2 is 0.958 bits per heavy atom. The van der Waals surface area contributed by atoms with Crippen molar-refractivity contribution >= 4 is 0 Å². The second-order valence-corrected chi connectivity index (χ2v) is 8.29. The molecule has 0 N–H and O–H groups in total. The first-order valence-electron chi connectivity index (χ1n) is 11.0. The van der Waals surface area contributed by atoms with Crippen LogP contribution < -0.4 is 0 Å². The summed E-state index contributed by atoms with van der Waals surface area (Å²) >= 11 is 0. The van der Waals surface area contributed by atoms with Gasteiger partial charge in [-0.1, -0.05) is 90.9 Å². The monoisotopic (exact) mass is 342 g/mol. The number of hydrogen-bond donors (Lipinski definition) is 0. The number of hydrogen-bond acceptors (Lipinski definition) is 1. The third kappa shape index (κ3) is 18.3. The van der Waals surface area contributed by atoms with Crippen molar-refractivity contribution in [2.24, 2.45) is 0 Å². The van der Waals surface area contributed by atoms with Gasteiger partial charge in [-0.15, -0.1) is 0 Å². The Hall–Kier alpha value is -0.0800. The largest absolute Gasteiger partial charge is 0.332 e. The summed E-state index contributed by atoms with van der Waals surface area (Å²) in [7, 11) is 4.62. The Morgan fingerprint density at radius 1 is 0.542 bits per heavy atom. The molecule has 0 unspecified atom stereocenters. The molecule has 0 rings (SSSR count). The maximum absolute atomic E-state index is 5.89. The van der Waals surface area contributed by atoms with Gasteiger partial charge in [0, 0.05) is 0 Å². The van der Waals surface area contributed by atoms with E-state index in [0.717, 1.165) is 17.8 Å². The summed E-state index contributed by atoms with van der Waals surface area (Å²) in [6.45, 7) is 7.64. The molecule has 0 aromatic rings. The van der Waals surface area contributed by atoms with Crippen LogP contribution in [0, 0.1) is 0 Å². The lowest BCUT2D eigenvalue weighted by atomic mass is 10.1. The van der Waals surface area contributed by atoms with Crippen molar-refractivity contribution in [1.82, 2.24) is 0 Å². The van der Waals surface area contributed by atoms with Crippen LogP contribution in [0.1, 0.15) is 110 Å². The molecule has 0 radical (unpaired) electrons. The highest BCUT2D eigenvalue weighted by Gasteiger charge is 2.14. The van der Waals surface area contributed by atoms with Crippen LogP contribution >= 0.6 is 0 Å². The molecular weight excluding hydrogens is 294 g/mol. The van der Waals surface area contributed by atoms with Crippen molar-refractivity contribution < 1.29 is 9.22 Å². The minimum atomic E-state index is 0.880. The molecule has 0 spiro atoms. The van der Waals surface area contributed by atoms with Crippen LogP contribution in [-0.2, 0) is 4.74 Å². The Morgan fingerprint density at radius 3 is 1.46 bits per heavy atom. The fourth-order valence-corrected chi connectivity index (χ4v) is 3.21. The summed E-state index contributed by atoms with van der Waals surface area (Å²) in [5, 5.41) is 0. The van der Waals surface area contributed by atoms with Gasteiger partial charge in [-0.25, -0.2) is 0 Å². The lowest BCUT2D eigenvalue weighted by Crippen LogP contribution is -2.42. The first-order chi connectivity index (χ1) is 11.6. The second-order valence-electron chi connectivity index (χ2n) is 8.29. The molecule has 2 heteroatoms. The summed E-state index contributed by atoms with van der Waals surface area (Å²) in [4.78, 5) is 0. The topological polar surface area (TPSA) is 9.23 Å². The summed E-state index contributed by atoms with van der Waals surface area (Å²) < 4.78 is 6.91. The SMILES string of the molecule is CCCCCCCCCCCC[N+](C)(C)COCCCCCCC. The van der Waals surface area contributed by atoms with Crippen molar-refractivity contribution in [3.63, 3.8) is 0 Å². The second kappa shape index (κ2) is 17.7. The minimum absolute atomic E-state index is 0.880. The Labute approximate surface area is 153 Å². The first-order valence-corrected chi connectivity index (χ1v) is 11.0. The van der Waals surface area contributed by atoms with Crippen molar-refractivity contribution in [3.8, 4) is 0 Å². The molecular formula is C22H48NO+. The molecule has 2 nitrogen and oxygen atoms in total. The van der Waals surface area contributed by atoms with Crippen molar-refractivity contribution in [3.05, 3.63) is 0 Å². The molecule has 0 heterocycles. The highest BCUT2D eigenvalue weighted by Crippen LogP contribution is 2.12. The molecule has 0 aliphatic carbocycles. The van der Waals surface area contributed by atoms with Crippen molar-refractivity contribution in [1.29, 1.82) is 0 Å². The molecule has 0 atom stereocenters. The number of unbranched alkanes of at least 4 members (excludes halogenated alkanes) is 13. The van der Waals surface area contributed by atoms with E-state index in [9.17, 15) is 0 Å². The van der Waals surface area contributed by atoms with Gasteiger partial charge in [-0.05, 0) is 19.3 Å². The van der Waals surface area contributed by atoms with E-state index < -0.39 is 0 Å².